The van der Waals surface area contributed by atoms with Gasteiger partial charge < -0.3 is 4.74 Å². The van der Waals surface area contributed by atoms with Gasteiger partial charge in [-0.3, -0.25) is 4.72 Å². The van der Waals surface area contributed by atoms with Crippen LogP contribution in [-0.2, 0) is 10.0 Å². The fourth-order valence-electron chi connectivity index (χ4n) is 2.38. The first-order chi connectivity index (χ1) is 11.0. The minimum absolute atomic E-state index is 0.219. The second-order valence-corrected chi connectivity index (χ2v) is 7.49. The van der Waals surface area contributed by atoms with Crippen LogP contribution in [0.3, 0.4) is 0 Å². The lowest BCUT2D eigenvalue weighted by Gasteiger charge is -2.12. The summed E-state index contributed by atoms with van der Waals surface area (Å²) in [5.74, 6) is 0.642. The van der Waals surface area contributed by atoms with Gasteiger partial charge in [0.1, 0.15) is 5.75 Å². The van der Waals surface area contributed by atoms with Crippen LogP contribution in [0, 0.1) is 0 Å². The Hall–Kier alpha value is -2.05. The Morgan fingerprint density at radius 2 is 1.57 bits per heavy atom. The normalized spacial score (nSPS) is 11.4. The average molecular weight is 392 g/mol. The molecule has 0 aliphatic heterocycles. The van der Waals surface area contributed by atoms with Gasteiger partial charge in [0.05, 0.1) is 12.0 Å². The molecule has 23 heavy (non-hydrogen) atoms. The summed E-state index contributed by atoms with van der Waals surface area (Å²) in [4.78, 5) is 0.219. The van der Waals surface area contributed by atoms with E-state index in [2.05, 4.69) is 20.7 Å². The van der Waals surface area contributed by atoms with E-state index in [1.807, 2.05) is 12.1 Å². The molecule has 0 radical (unpaired) electrons. The molecule has 0 aliphatic rings. The first kappa shape index (κ1) is 15.8. The van der Waals surface area contributed by atoms with E-state index in [9.17, 15) is 8.42 Å². The van der Waals surface area contributed by atoms with Crippen LogP contribution in [0.25, 0.3) is 10.8 Å². The van der Waals surface area contributed by atoms with Crippen LogP contribution in [0.1, 0.15) is 0 Å². The molecule has 0 heterocycles. The molecule has 1 N–H and O–H groups in total. The van der Waals surface area contributed by atoms with Crippen molar-refractivity contribution in [2.75, 3.05) is 11.8 Å². The number of sulfonamides is 1. The highest BCUT2D eigenvalue weighted by Gasteiger charge is 2.19. The van der Waals surface area contributed by atoms with E-state index in [0.717, 1.165) is 9.86 Å². The van der Waals surface area contributed by atoms with Gasteiger partial charge in [0, 0.05) is 20.9 Å². The molecule has 0 fully saturated rings. The number of methoxy groups -OCH3 is 1. The maximum absolute atomic E-state index is 12.7. The Bertz CT molecular complexity index is 953. The number of rotatable bonds is 4. The van der Waals surface area contributed by atoms with Gasteiger partial charge in [-0.15, -0.1) is 0 Å². The van der Waals surface area contributed by atoms with E-state index < -0.39 is 10.0 Å². The summed E-state index contributed by atoms with van der Waals surface area (Å²) in [6, 6.07) is 17.5. The van der Waals surface area contributed by atoms with E-state index in [-0.39, 0.29) is 4.90 Å². The van der Waals surface area contributed by atoms with Crippen LogP contribution in [-0.4, -0.2) is 15.5 Å². The van der Waals surface area contributed by atoms with Gasteiger partial charge in [-0.1, -0.05) is 40.2 Å². The predicted molar refractivity (Wildman–Crippen MR) is 95.5 cm³/mol. The molecule has 0 unspecified atom stereocenters. The maximum atomic E-state index is 12.7. The fourth-order valence-corrected chi connectivity index (χ4v) is 3.92. The molecular weight excluding hydrogens is 378 g/mol. The topological polar surface area (TPSA) is 55.4 Å². The number of hydrogen-bond acceptors (Lipinski definition) is 3. The standard InChI is InChI=1S/C17H14BrNO3S/c1-22-16-10-11-17(15-5-3-2-4-14(15)16)23(20,21)19-13-8-6-12(18)7-9-13/h2-11,19H,1H3. The summed E-state index contributed by atoms with van der Waals surface area (Å²) in [6.45, 7) is 0. The number of fused-ring (bicyclic) bond motifs is 1. The molecule has 0 spiro atoms. The van der Waals surface area contributed by atoms with Gasteiger partial charge in [-0.2, -0.15) is 0 Å². The third kappa shape index (κ3) is 3.18. The minimum Gasteiger partial charge on any atom is -0.496 e. The molecular formula is C17H14BrNO3S. The lowest BCUT2D eigenvalue weighted by molar-refractivity contribution is 0.419. The van der Waals surface area contributed by atoms with Gasteiger partial charge in [0.15, 0.2) is 0 Å². The Kier molecular flexibility index (Phi) is 4.28. The molecule has 4 nitrogen and oxygen atoms in total. The number of halogens is 1. The minimum atomic E-state index is -3.70. The van der Waals surface area contributed by atoms with Crippen molar-refractivity contribution >= 4 is 42.4 Å². The number of benzene rings is 3. The van der Waals surface area contributed by atoms with E-state index in [1.54, 1.807) is 55.6 Å². The highest BCUT2D eigenvalue weighted by atomic mass is 79.9. The second kappa shape index (κ2) is 6.22. The van der Waals surface area contributed by atoms with Crippen molar-refractivity contribution in [3.8, 4) is 5.75 Å². The van der Waals surface area contributed by atoms with Gasteiger partial charge in [-0.05, 0) is 36.4 Å². The molecule has 3 aromatic rings. The summed E-state index contributed by atoms with van der Waals surface area (Å²) >= 11 is 3.33. The molecule has 0 aromatic heterocycles. The third-order valence-corrected chi connectivity index (χ3v) is 5.42. The Morgan fingerprint density at radius 3 is 2.22 bits per heavy atom. The zero-order valence-electron chi connectivity index (χ0n) is 12.3. The highest BCUT2D eigenvalue weighted by molar-refractivity contribution is 9.10. The average Bonchev–Trinajstić information content (AvgIpc) is 2.55. The molecule has 118 valence electrons. The van der Waals surface area contributed by atoms with Gasteiger partial charge in [0.25, 0.3) is 10.0 Å². The molecule has 3 aromatic carbocycles. The predicted octanol–water partition coefficient (Wildman–Crippen LogP) is 4.41. The summed E-state index contributed by atoms with van der Waals surface area (Å²) < 4.78 is 34.3. The van der Waals surface area contributed by atoms with Crippen molar-refractivity contribution in [1.29, 1.82) is 0 Å². The maximum Gasteiger partial charge on any atom is 0.262 e. The van der Waals surface area contributed by atoms with E-state index >= 15 is 0 Å². The number of hydrogen-bond donors (Lipinski definition) is 1. The van der Waals surface area contributed by atoms with Gasteiger partial charge in [0.2, 0.25) is 0 Å². The molecule has 0 bridgehead atoms. The molecule has 0 amide bonds. The Labute approximate surface area is 143 Å². The monoisotopic (exact) mass is 391 g/mol. The third-order valence-electron chi connectivity index (χ3n) is 3.45. The van der Waals surface area contributed by atoms with Crippen molar-refractivity contribution in [3.63, 3.8) is 0 Å². The highest BCUT2D eigenvalue weighted by Crippen LogP contribution is 2.31. The SMILES string of the molecule is COc1ccc(S(=O)(=O)Nc2ccc(Br)cc2)c2ccccc12. The largest absolute Gasteiger partial charge is 0.496 e. The molecule has 0 saturated carbocycles. The van der Waals surface area contributed by atoms with Crippen LogP contribution in [0.15, 0.2) is 70.0 Å². The summed E-state index contributed by atoms with van der Waals surface area (Å²) in [5, 5.41) is 1.38. The quantitative estimate of drug-likeness (QED) is 0.716. The second-order valence-electron chi connectivity index (χ2n) is 4.92. The fraction of sp³-hybridized carbons (Fsp3) is 0.0588. The van der Waals surface area contributed by atoms with Gasteiger partial charge in [-0.25, -0.2) is 8.42 Å². The van der Waals surface area contributed by atoms with Crippen molar-refractivity contribution in [2.45, 2.75) is 4.90 Å². The molecule has 6 heteroatoms. The first-order valence-electron chi connectivity index (χ1n) is 6.85. The Morgan fingerprint density at radius 1 is 0.913 bits per heavy atom. The lowest BCUT2D eigenvalue weighted by atomic mass is 10.1. The zero-order chi connectivity index (χ0) is 16.4. The summed E-state index contributed by atoms with van der Waals surface area (Å²) in [6.07, 6.45) is 0. The van der Waals surface area contributed by atoms with Crippen LogP contribution in [0.5, 0.6) is 5.75 Å². The number of ether oxygens (including phenoxy) is 1. The van der Waals surface area contributed by atoms with Gasteiger partial charge >= 0.3 is 0 Å². The molecule has 0 atom stereocenters. The zero-order valence-corrected chi connectivity index (χ0v) is 14.7. The van der Waals surface area contributed by atoms with Crippen molar-refractivity contribution in [3.05, 3.63) is 65.1 Å². The first-order valence-corrected chi connectivity index (χ1v) is 9.13. The van der Waals surface area contributed by atoms with E-state index in [0.29, 0.717) is 16.8 Å². The van der Waals surface area contributed by atoms with Crippen molar-refractivity contribution in [1.82, 2.24) is 0 Å². The van der Waals surface area contributed by atoms with Crippen LogP contribution < -0.4 is 9.46 Å². The number of nitrogens with one attached hydrogen (secondary N) is 1. The van der Waals surface area contributed by atoms with Crippen molar-refractivity contribution in [2.24, 2.45) is 0 Å². The Balaban J connectivity index is 2.10. The van der Waals surface area contributed by atoms with Crippen molar-refractivity contribution < 1.29 is 13.2 Å². The van der Waals surface area contributed by atoms with Crippen LogP contribution >= 0.6 is 15.9 Å². The lowest BCUT2D eigenvalue weighted by Crippen LogP contribution is -2.13. The number of anilines is 1. The van der Waals surface area contributed by atoms with E-state index in [1.165, 1.54) is 0 Å². The molecule has 0 saturated heterocycles. The summed E-state index contributed by atoms with van der Waals surface area (Å²) in [5.41, 5.74) is 0.507. The molecule has 3 rings (SSSR count). The van der Waals surface area contributed by atoms with Crippen LogP contribution in [0.2, 0.25) is 0 Å². The van der Waals surface area contributed by atoms with E-state index in [4.69, 9.17) is 4.74 Å². The smallest absolute Gasteiger partial charge is 0.262 e. The summed E-state index contributed by atoms with van der Waals surface area (Å²) in [7, 11) is -2.13. The molecule has 0 aliphatic carbocycles. The van der Waals surface area contributed by atoms with Crippen LogP contribution in [0.4, 0.5) is 5.69 Å².